The molecule has 7 atom stereocenters. The van der Waals surface area contributed by atoms with Crippen molar-refractivity contribution in [3.05, 3.63) is 12.2 Å². The number of carbonyl (C=O) groups excluding carboxylic acids is 1. The van der Waals surface area contributed by atoms with Crippen molar-refractivity contribution in [2.45, 2.75) is 403 Å². The van der Waals surface area contributed by atoms with E-state index < -0.39 is 49.5 Å². The number of hydrogen-bond donors (Lipinski definition) is 6. The van der Waals surface area contributed by atoms with E-state index in [0.717, 1.165) is 38.5 Å². The Morgan fingerprint density at radius 1 is 0.429 bits per heavy atom. The molecule has 1 rings (SSSR count). The van der Waals surface area contributed by atoms with Crippen molar-refractivity contribution in [2.75, 3.05) is 13.2 Å². The van der Waals surface area contributed by atoms with Gasteiger partial charge in [0, 0.05) is 6.42 Å². The molecular weight excluding hydrogens is 959 g/mol. The average Bonchev–Trinajstić information content (AvgIpc) is 3.43. The molecule has 6 N–H and O–H groups in total. The zero-order valence-corrected chi connectivity index (χ0v) is 51.3. The first-order chi connectivity index (χ1) is 37.8. The molecule has 0 aromatic heterocycles. The number of amides is 1. The minimum absolute atomic E-state index is 0.132. The van der Waals surface area contributed by atoms with Gasteiger partial charge >= 0.3 is 0 Å². The molecule has 0 bridgehead atoms. The van der Waals surface area contributed by atoms with Gasteiger partial charge in [-0.05, 0) is 38.5 Å². The lowest BCUT2D eigenvalue weighted by Crippen LogP contribution is -2.60. The van der Waals surface area contributed by atoms with E-state index in [-0.39, 0.29) is 12.5 Å². The van der Waals surface area contributed by atoms with Crippen LogP contribution in [0.4, 0.5) is 0 Å². The van der Waals surface area contributed by atoms with Crippen molar-refractivity contribution >= 4 is 5.91 Å². The number of allylic oxidation sites excluding steroid dienone is 2. The van der Waals surface area contributed by atoms with E-state index in [2.05, 4.69) is 31.3 Å². The maximum absolute atomic E-state index is 13.1. The van der Waals surface area contributed by atoms with Gasteiger partial charge in [-0.25, -0.2) is 0 Å². The summed E-state index contributed by atoms with van der Waals surface area (Å²) < 4.78 is 11.4. The van der Waals surface area contributed by atoms with Crippen molar-refractivity contribution < 1.29 is 39.8 Å². The van der Waals surface area contributed by atoms with Crippen molar-refractivity contribution in [2.24, 2.45) is 0 Å². The van der Waals surface area contributed by atoms with Gasteiger partial charge in [0.15, 0.2) is 6.29 Å². The first-order valence-electron chi connectivity index (χ1n) is 34.4. The molecule has 0 radical (unpaired) electrons. The van der Waals surface area contributed by atoms with Gasteiger partial charge in [0.25, 0.3) is 0 Å². The number of aliphatic hydroxyl groups excluding tert-OH is 5. The van der Waals surface area contributed by atoms with E-state index >= 15 is 0 Å². The first kappa shape index (κ1) is 73.9. The maximum atomic E-state index is 13.1. The summed E-state index contributed by atoms with van der Waals surface area (Å²) in [5.41, 5.74) is 0. The van der Waals surface area contributed by atoms with Crippen LogP contribution in [0.5, 0.6) is 0 Å². The summed E-state index contributed by atoms with van der Waals surface area (Å²) in [6, 6.07) is -0.716. The van der Waals surface area contributed by atoms with Crippen LogP contribution in [0.3, 0.4) is 0 Å². The van der Waals surface area contributed by atoms with Gasteiger partial charge in [0.2, 0.25) is 5.91 Å². The fraction of sp³-hybridized carbons (Fsp3) is 0.956. The quantitative estimate of drug-likeness (QED) is 0.0261. The van der Waals surface area contributed by atoms with E-state index in [9.17, 15) is 30.3 Å². The standard InChI is InChI=1S/C68H133NO8/c1-3-5-7-9-11-13-15-17-19-21-23-24-25-26-27-28-29-30-31-32-33-34-35-36-37-38-40-42-44-46-48-50-52-54-56-58-64(72)69-61(60-76-68-67(75)66(74)65(73)63(59-70)77-68)62(71)57-55-53-51-49-47-45-43-41-39-22-20-18-16-14-12-10-8-6-4-2/h28-29,61-63,65-68,70-71,73-75H,3-27,30-60H2,1-2H3,(H,69,72)/b29-28-. The molecule has 0 aromatic carbocycles. The third-order valence-electron chi connectivity index (χ3n) is 16.9. The van der Waals surface area contributed by atoms with E-state index in [1.54, 1.807) is 0 Å². The molecule has 1 saturated heterocycles. The Balaban J connectivity index is 2.07. The molecule has 1 aliphatic rings. The summed E-state index contributed by atoms with van der Waals surface area (Å²) in [6.07, 6.45) is 67.1. The van der Waals surface area contributed by atoms with Crippen LogP contribution >= 0.6 is 0 Å². The van der Waals surface area contributed by atoms with Crippen LogP contribution in [-0.4, -0.2) is 87.5 Å². The highest BCUT2D eigenvalue weighted by molar-refractivity contribution is 5.76. The number of nitrogens with one attached hydrogen (secondary N) is 1. The normalized spacial score (nSPS) is 18.7. The van der Waals surface area contributed by atoms with E-state index in [4.69, 9.17) is 9.47 Å². The number of unbranched alkanes of at least 4 members (excludes halogenated alkanes) is 49. The van der Waals surface area contributed by atoms with Crippen LogP contribution in [0, 0.1) is 0 Å². The summed E-state index contributed by atoms with van der Waals surface area (Å²) in [5, 5.41) is 54.8. The highest BCUT2D eigenvalue weighted by Gasteiger charge is 2.44. The minimum Gasteiger partial charge on any atom is -0.394 e. The molecule has 0 saturated carbocycles. The number of hydrogen-bond acceptors (Lipinski definition) is 8. The molecule has 0 aliphatic carbocycles. The molecule has 1 heterocycles. The van der Waals surface area contributed by atoms with Gasteiger partial charge in [0.1, 0.15) is 24.4 Å². The molecular formula is C68H133NO8. The predicted octanol–water partition coefficient (Wildman–Crippen LogP) is 18.3. The number of rotatable bonds is 61. The van der Waals surface area contributed by atoms with Gasteiger partial charge in [0.05, 0.1) is 25.4 Å². The Hall–Kier alpha value is -1.07. The van der Waals surface area contributed by atoms with E-state index in [0.29, 0.717) is 12.8 Å². The van der Waals surface area contributed by atoms with Gasteiger partial charge < -0.3 is 40.3 Å². The Morgan fingerprint density at radius 2 is 0.727 bits per heavy atom. The molecule has 9 heteroatoms. The van der Waals surface area contributed by atoms with Gasteiger partial charge in [-0.2, -0.15) is 0 Å². The van der Waals surface area contributed by atoms with Crippen LogP contribution in [0.15, 0.2) is 12.2 Å². The van der Waals surface area contributed by atoms with E-state index in [1.807, 2.05) is 0 Å². The molecule has 7 unspecified atom stereocenters. The Kier molecular flexibility index (Phi) is 55.8. The van der Waals surface area contributed by atoms with Crippen molar-refractivity contribution in [3.8, 4) is 0 Å². The van der Waals surface area contributed by atoms with Crippen LogP contribution in [0.25, 0.3) is 0 Å². The summed E-state index contributed by atoms with van der Waals surface area (Å²) in [4.78, 5) is 13.1. The summed E-state index contributed by atoms with van der Waals surface area (Å²) in [6.45, 7) is 3.90. The van der Waals surface area contributed by atoms with Crippen molar-refractivity contribution in [1.29, 1.82) is 0 Å². The largest absolute Gasteiger partial charge is 0.394 e. The summed E-state index contributed by atoms with van der Waals surface area (Å²) in [5.74, 6) is -0.136. The molecule has 1 fully saturated rings. The third kappa shape index (κ3) is 47.2. The van der Waals surface area contributed by atoms with Crippen LogP contribution in [-0.2, 0) is 14.3 Å². The number of carbonyl (C=O) groups is 1. The van der Waals surface area contributed by atoms with Crippen molar-refractivity contribution in [1.82, 2.24) is 5.32 Å². The average molecular weight is 1090 g/mol. The molecule has 458 valence electrons. The highest BCUT2D eigenvalue weighted by Crippen LogP contribution is 2.24. The SMILES string of the molecule is CCCCCCCCCCCCCCCC/C=C\CCCCCCCCCCCCCCCCCCCC(=O)NC(COC1OC(CO)C(O)C(O)C1O)C(O)CCCCCCCCCCCCCCCCCCCCC. The van der Waals surface area contributed by atoms with Gasteiger partial charge in [-0.1, -0.05) is 328 Å². The van der Waals surface area contributed by atoms with Gasteiger partial charge in [-0.3, -0.25) is 4.79 Å². The predicted molar refractivity (Wildman–Crippen MR) is 327 cm³/mol. The smallest absolute Gasteiger partial charge is 0.220 e. The summed E-state index contributed by atoms with van der Waals surface area (Å²) >= 11 is 0. The van der Waals surface area contributed by atoms with Gasteiger partial charge in [-0.15, -0.1) is 0 Å². The molecule has 0 aromatic rings. The first-order valence-corrected chi connectivity index (χ1v) is 34.4. The lowest BCUT2D eigenvalue weighted by molar-refractivity contribution is -0.302. The Morgan fingerprint density at radius 3 is 1.05 bits per heavy atom. The fourth-order valence-corrected chi connectivity index (χ4v) is 11.5. The monoisotopic (exact) mass is 1090 g/mol. The second-order valence-electron chi connectivity index (χ2n) is 24.3. The summed E-state index contributed by atoms with van der Waals surface area (Å²) in [7, 11) is 0. The minimum atomic E-state index is -1.55. The molecule has 9 nitrogen and oxygen atoms in total. The number of aliphatic hydroxyl groups is 5. The zero-order valence-electron chi connectivity index (χ0n) is 51.3. The lowest BCUT2D eigenvalue weighted by atomic mass is 9.99. The second kappa shape index (κ2) is 58.1. The van der Waals surface area contributed by atoms with E-state index in [1.165, 1.54) is 295 Å². The fourth-order valence-electron chi connectivity index (χ4n) is 11.5. The van der Waals surface area contributed by atoms with Crippen LogP contribution < -0.4 is 5.32 Å². The Bertz CT molecular complexity index is 1220. The lowest BCUT2D eigenvalue weighted by Gasteiger charge is -2.40. The Labute approximate surface area is 477 Å². The van der Waals surface area contributed by atoms with Crippen LogP contribution in [0.1, 0.15) is 361 Å². The molecule has 0 spiro atoms. The maximum Gasteiger partial charge on any atom is 0.220 e. The van der Waals surface area contributed by atoms with Crippen molar-refractivity contribution in [3.63, 3.8) is 0 Å². The van der Waals surface area contributed by atoms with Crippen LogP contribution in [0.2, 0.25) is 0 Å². The molecule has 1 amide bonds. The highest BCUT2D eigenvalue weighted by atomic mass is 16.7. The molecule has 1 aliphatic heterocycles. The second-order valence-corrected chi connectivity index (χ2v) is 24.3. The third-order valence-corrected chi connectivity index (χ3v) is 16.9. The number of ether oxygens (including phenoxy) is 2. The molecule has 77 heavy (non-hydrogen) atoms. The topological polar surface area (TPSA) is 149 Å². The zero-order chi connectivity index (χ0) is 55.8.